The van der Waals surface area contributed by atoms with Gasteiger partial charge in [0.2, 0.25) is 5.91 Å². The number of ether oxygens (including phenoxy) is 1. The molecule has 142 valence electrons. The summed E-state index contributed by atoms with van der Waals surface area (Å²) >= 11 is 0. The molecular formula is C23H28N2O2. The minimum atomic E-state index is -0.416. The average Bonchev–Trinajstić information content (AvgIpc) is 2.76. The number of hydrogen-bond donors (Lipinski definition) is 0. The van der Waals surface area contributed by atoms with Gasteiger partial charge in [-0.3, -0.25) is 9.69 Å². The average molecular weight is 364 g/mol. The molecule has 0 spiro atoms. The summed E-state index contributed by atoms with van der Waals surface area (Å²) in [7, 11) is 0. The van der Waals surface area contributed by atoms with Crippen LogP contribution in [0.15, 0.2) is 60.7 Å². The van der Waals surface area contributed by atoms with Crippen molar-refractivity contribution >= 4 is 5.91 Å². The Bertz CT molecular complexity index is 733. The Morgan fingerprint density at radius 2 is 1.44 bits per heavy atom. The normalized spacial score (nSPS) is 20.4. The van der Waals surface area contributed by atoms with Crippen LogP contribution in [0, 0.1) is 0 Å². The minimum Gasteiger partial charge on any atom is -0.381 e. The summed E-state index contributed by atoms with van der Waals surface area (Å²) in [4.78, 5) is 18.1. The molecule has 0 radical (unpaired) electrons. The van der Waals surface area contributed by atoms with Crippen LogP contribution in [0.3, 0.4) is 0 Å². The molecule has 0 unspecified atom stereocenters. The standard InChI is InChI=1S/C23H28N2O2/c26-22(23(11-17-27-18-12-23)21-9-5-2-6-10-21)25-15-13-24(14-16-25)19-20-7-3-1-4-8-20/h1-10H,11-19H2. The molecule has 2 aliphatic rings. The predicted molar refractivity (Wildman–Crippen MR) is 106 cm³/mol. The molecule has 2 heterocycles. The molecule has 27 heavy (non-hydrogen) atoms. The second-order valence-electron chi connectivity index (χ2n) is 7.61. The lowest BCUT2D eigenvalue weighted by Gasteiger charge is -2.43. The Labute approximate surface area is 161 Å². The van der Waals surface area contributed by atoms with Crippen molar-refractivity contribution in [2.75, 3.05) is 39.4 Å². The lowest BCUT2D eigenvalue weighted by atomic mass is 9.73. The molecule has 2 aliphatic heterocycles. The van der Waals surface area contributed by atoms with Gasteiger partial charge in [-0.2, -0.15) is 0 Å². The summed E-state index contributed by atoms with van der Waals surface area (Å²) in [5.74, 6) is 0.288. The Hall–Kier alpha value is -2.17. The SMILES string of the molecule is O=C(N1CCN(Cc2ccccc2)CC1)C1(c2ccccc2)CCOCC1. The summed E-state index contributed by atoms with van der Waals surface area (Å²) in [6.07, 6.45) is 1.56. The molecule has 2 saturated heterocycles. The number of hydrogen-bond acceptors (Lipinski definition) is 3. The van der Waals surface area contributed by atoms with E-state index in [1.54, 1.807) is 0 Å². The van der Waals surface area contributed by atoms with Gasteiger partial charge in [0.25, 0.3) is 0 Å². The molecule has 0 N–H and O–H groups in total. The van der Waals surface area contributed by atoms with Crippen LogP contribution in [0.2, 0.25) is 0 Å². The van der Waals surface area contributed by atoms with Gasteiger partial charge in [-0.15, -0.1) is 0 Å². The maximum absolute atomic E-state index is 13.6. The minimum absolute atomic E-state index is 0.288. The fourth-order valence-corrected chi connectivity index (χ4v) is 4.36. The number of carbonyl (C=O) groups excluding carboxylic acids is 1. The van der Waals surface area contributed by atoms with Crippen molar-refractivity contribution in [2.24, 2.45) is 0 Å². The van der Waals surface area contributed by atoms with E-state index in [1.807, 2.05) is 18.2 Å². The quantitative estimate of drug-likeness (QED) is 0.836. The second-order valence-corrected chi connectivity index (χ2v) is 7.61. The molecule has 4 nitrogen and oxygen atoms in total. The highest BCUT2D eigenvalue weighted by Crippen LogP contribution is 2.37. The van der Waals surface area contributed by atoms with Crippen molar-refractivity contribution in [2.45, 2.75) is 24.8 Å². The Kier molecular flexibility index (Phi) is 5.55. The number of carbonyl (C=O) groups is 1. The Morgan fingerprint density at radius 1 is 0.852 bits per heavy atom. The van der Waals surface area contributed by atoms with Crippen LogP contribution in [0.4, 0.5) is 0 Å². The zero-order chi connectivity index (χ0) is 18.5. The van der Waals surface area contributed by atoms with Crippen LogP contribution in [-0.2, 0) is 21.5 Å². The lowest BCUT2D eigenvalue weighted by Crippen LogP contribution is -2.55. The van der Waals surface area contributed by atoms with Crippen LogP contribution in [0.1, 0.15) is 24.0 Å². The van der Waals surface area contributed by atoms with Crippen LogP contribution in [0.25, 0.3) is 0 Å². The Balaban J connectivity index is 1.44. The smallest absolute Gasteiger partial charge is 0.233 e. The summed E-state index contributed by atoms with van der Waals surface area (Å²) < 4.78 is 5.59. The first kappa shape index (κ1) is 18.2. The van der Waals surface area contributed by atoms with Gasteiger partial charge in [0.15, 0.2) is 0 Å². The van der Waals surface area contributed by atoms with Crippen LogP contribution < -0.4 is 0 Å². The van der Waals surface area contributed by atoms with Crippen molar-refractivity contribution in [3.63, 3.8) is 0 Å². The Morgan fingerprint density at radius 3 is 2.07 bits per heavy atom. The first-order valence-electron chi connectivity index (χ1n) is 9.97. The maximum atomic E-state index is 13.6. The van der Waals surface area contributed by atoms with E-state index < -0.39 is 5.41 Å². The van der Waals surface area contributed by atoms with Crippen molar-refractivity contribution in [1.29, 1.82) is 0 Å². The number of piperazine rings is 1. The van der Waals surface area contributed by atoms with Gasteiger partial charge in [0, 0.05) is 45.9 Å². The van der Waals surface area contributed by atoms with E-state index in [0.29, 0.717) is 13.2 Å². The molecule has 1 amide bonds. The molecule has 0 saturated carbocycles. The molecule has 2 fully saturated rings. The molecule has 0 aromatic heterocycles. The third-order valence-corrected chi connectivity index (χ3v) is 5.99. The molecule has 2 aromatic rings. The predicted octanol–water partition coefficient (Wildman–Crippen LogP) is 3.08. The van der Waals surface area contributed by atoms with Crippen molar-refractivity contribution < 1.29 is 9.53 Å². The fourth-order valence-electron chi connectivity index (χ4n) is 4.36. The second kappa shape index (κ2) is 8.24. The number of benzene rings is 2. The summed E-state index contributed by atoms with van der Waals surface area (Å²) in [6, 6.07) is 20.9. The van der Waals surface area contributed by atoms with Gasteiger partial charge in [-0.05, 0) is 24.0 Å². The lowest BCUT2D eigenvalue weighted by molar-refractivity contribution is -0.143. The zero-order valence-corrected chi connectivity index (χ0v) is 15.8. The highest BCUT2D eigenvalue weighted by molar-refractivity contribution is 5.88. The molecule has 0 atom stereocenters. The molecule has 0 aliphatic carbocycles. The molecule has 0 bridgehead atoms. The summed E-state index contributed by atoms with van der Waals surface area (Å²) in [5.41, 5.74) is 2.06. The first-order valence-corrected chi connectivity index (χ1v) is 9.97. The van der Waals surface area contributed by atoms with Crippen molar-refractivity contribution in [3.8, 4) is 0 Å². The topological polar surface area (TPSA) is 32.8 Å². The monoisotopic (exact) mass is 364 g/mol. The van der Waals surface area contributed by atoms with E-state index in [-0.39, 0.29) is 5.91 Å². The van der Waals surface area contributed by atoms with Gasteiger partial charge in [-0.25, -0.2) is 0 Å². The molecule has 4 rings (SSSR count). The van der Waals surface area contributed by atoms with Crippen molar-refractivity contribution in [1.82, 2.24) is 9.80 Å². The van der Waals surface area contributed by atoms with Gasteiger partial charge in [0.05, 0.1) is 5.41 Å². The third-order valence-electron chi connectivity index (χ3n) is 5.99. The van der Waals surface area contributed by atoms with Gasteiger partial charge in [0.1, 0.15) is 0 Å². The number of nitrogens with zero attached hydrogens (tertiary/aromatic N) is 2. The van der Waals surface area contributed by atoms with Crippen LogP contribution in [-0.4, -0.2) is 55.1 Å². The molecular weight excluding hydrogens is 336 g/mol. The third kappa shape index (κ3) is 3.92. The highest BCUT2D eigenvalue weighted by Gasteiger charge is 2.44. The van der Waals surface area contributed by atoms with Crippen LogP contribution >= 0.6 is 0 Å². The van der Waals surface area contributed by atoms with Crippen molar-refractivity contribution in [3.05, 3.63) is 71.8 Å². The number of rotatable bonds is 4. The van der Waals surface area contributed by atoms with E-state index in [0.717, 1.165) is 51.1 Å². The van der Waals surface area contributed by atoms with E-state index >= 15 is 0 Å². The molecule has 4 heteroatoms. The largest absolute Gasteiger partial charge is 0.381 e. The van der Waals surface area contributed by atoms with E-state index in [9.17, 15) is 4.79 Å². The summed E-state index contributed by atoms with van der Waals surface area (Å²) in [6.45, 7) is 5.76. The summed E-state index contributed by atoms with van der Waals surface area (Å²) in [5, 5.41) is 0. The first-order chi connectivity index (χ1) is 13.3. The zero-order valence-electron chi connectivity index (χ0n) is 15.8. The molecule has 2 aromatic carbocycles. The van der Waals surface area contributed by atoms with Crippen LogP contribution in [0.5, 0.6) is 0 Å². The van der Waals surface area contributed by atoms with E-state index in [2.05, 4.69) is 52.3 Å². The maximum Gasteiger partial charge on any atom is 0.233 e. The van der Waals surface area contributed by atoms with Gasteiger partial charge in [-0.1, -0.05) is 60.7 Å². The number of amides is 1. The van der Waals surface area contributed by atoms with E-state index in [1.165, 1.54) is 5.56 Å². The van der Waals surface area contributed by atoms with Gasteiger partial charge >= 0.3 is 0 Å². The van der Waals surface area contributed by atoms with E-state index in [4.69, 9.17) is 4.74 Å². The fraction of sp³-hybridized carbons (Fsp3) is 0.435. The highest BCUT2D eigenvalue weighted by atomic mass is 16.5. The van der Waals surface area contributed by atoms with Gasteiger partial charge < -0.3 is 9.64 Å².